The third-order valence-corrected chi connectivity index (χ3v) is 2.83. The molecule has 0 aliphatic carbocycles. The Balaban J connectivity index is 2.76. The first-order valence-corrected chi connectivity index (χ1v) is 5.52. The molecule has 0 radical (unpaired) electrons. The van der Waals surface area contributed by atoms with E-state index in [1.807, 2.05) is 0 Å². The Kier molecular flexibility index (Phi) is 3.39. The summed E-state index contributed by atoms with van der Waals surface area (Å²) in [5.74, 6) is -0.556. The number of hydrogen-bond donors (Lipinski definition) is 0. The van der Waals surface area contributed by atoms with Gasteiger partial charge < -0.3 is 4.74 Å². The van der Waals surface area contributed by atoms with Gasteiger partial charge in [0.1, 0.15) is 17.6 Å². The molecule has 0 unspecified atom stereocenters. The van der Waals surface area contributed by atoms with E-state index in [4.69, 9.17) is 16.3 Å². The summed E-state index contributed by atoms with van der Waals surface area (Å²) in [6.07, 6.45) is 0.919. The summed E-state index contributed by atoms with van der Waals surface area (Å²) in [6.45, 7) is 0. The van der Waals surface area contributed by atoms with Gasteiger partial charge in [0.15, 0.2) is 5.82 Å². The summed E-state index contributed by atoms with van der Waals surface area (Å²) in [5, 5.41) is 3.68. The molecular weight excluding hydrogens is 277 g/mol. The van der Waals surface area contributed by atoms with Crippen molar-refractivity contribution < 1.29 is 9.13 Å². The number of ether oxygens (including phenoxy) is 1. The van der Waals surface area contributed by atoms with Crippen LogP contribution in [0.1, 0.15) is 0 Å². The normalized spacial score (nSPS) is 10.5. The number of rotatable bonds is 2. The molecule has 0 atom stereocenters. The van der Waals surface area contributed by atoms with Crippen molar-refractivity contribution in [1.29, 1.82) is 0 Å². The molecule has 0 aliphatic rings. The van der Waals surface area contributed by atoms with Crippen molar-refractivity contribution in [3.63, 3.8) is 0 Å². The van der Waals surface area contributed by atoms with Gasteiger partial charge in [-0.25, -0.2) is 9.18 Å². The molecule has 1 aromatic heterocycles. The maximum absolute atomic E-state index is 13.8. The van der Waals surface area contributed by atoms with Crippen LogP contribution in [-0.4, -0.2) is 21.5 Å². The Morgan fingerprint density at radius 3 is 2.68 bits per heavy atom. The fourth-order valence-electron chi connectivity index (χ4n) is 1.48. The second-order valence-corrected chi connectivity index (χ2v) is 4.08. The first-order valence-electron chi connectivity index (χ1n) is 5.14. The Labute approximate surface area is 111 Å². The van der Waals surface area contributed by atoms with Crippen LogP contribution in [0, 0.1) is 5.82 Å². The number of nitrogens with zero attached hydrogens (tertiary/aromatic N) is 3. The summed E-state index contributed by atoms with van der Waals surface area (Å²) in [7, 11) is 2.63. The van der Waals surface area contributed by atoms with Crippen LogP contribution in [0.25, 0.3) is 5.69 Å². The van der Waals surface area contributed by atoms with Gasteiger partial charge in [0, 0.05) is 13.1 Å². The predicted molar refractivity (Wildman–Crippen MR) is 66.6 cm³/mol. The predicted octanol–water partition coefficient (Wildman–Crippen LogP) is 0.732. The van der Waals surface area contributed by atoms with E-state index in [1.54, 1.807) is 0 Å². The van der Waals surface area contributed by atoms with Gasteiger partial charge in [-0.1, -0.05) is 11.6 Å². The zero-order valence-corrected chi connectivity index (χ0v) is 10.8. The monoisotopic (exact) mass is 285 g/mol. The SMILES string of the molecule is COc1cc(-n2ncc(=O)n(C)c2=O)c(F)cc1Cl. The van der Waals surface area contributed by atoms with Crippen LogP contribution in [0.5, 0.6) is 5.75 Å². The lowest BCUT2D eigenvalue weighted by atomic mass is 10.3. The molecule has 0 saturated heterocycles. The lowest BCUT2D eigenvalue weighted by molar-refractivity contribution is 0.413. The van der Waals surface area contributed by atoms with Crippen molar-refractivity contribution in [3.8, 4) is 11.4 Å². The summed E-state index contributed by atoms with van der Waals surface area (Å²) in [5.41, 5.74) is -1.50. The van der Waals surface area contributed by atoms with E-state index in [1.165, 1.54) is 20.2 Å². The second kappa shape index (κ2) is 4.85. The molecule has 0 fully saturated rings. The van der Waals surface area contributed by atoms with Crippen molar-refractivity contribution in [3.05, 3.63) is 50.0 Å². The average molecular weight is 286 g/mol. The maximum Gasteiger partial charge on any atom is 0.352 e. The topological polar surface area (TPSA) is 66.1 Å². The molecule has 2 rings (SSSR count). The Morgan fingerprint density at radius 1 is 1.37 bits per heavy atom. The van der Waals surface area contributed by atoms with Crippen LogP contribution < -0.4 is 16.0 Å². The number of hydrogen-bond acceptors (Lipinski definition) is 4. The summed E-state index contributed by atoms with van der Waals surface area (Å²) >= 11 is 5.76. The quantitative estimate of drug-likeness (QED) is 0.816. The molecule has 19 heavy (non-hydrogen) atoms. The average Bonchev–Trinajstić information content (AvgIpc) is 2.37. The third kappa shape index (κ3) is 2.24. The molecule has 0 bridgehead atoms. The van der Waals surface area contributed by atoms with Gasteiger partial charge in [0.2, 0.25) is 0 Å². The molecular formula is C11H9ClFN3O3. The van der Waals surface area contributed by atoms with Crippen molar-refractivity contribution in [1.82, 2.24) is 14.3 Å². The van der Waals surface area contributed by atoms with Gasteiger partial charge in [0.25, 0.3) is 5.56 Å². The van der Waals surface area contributed by atoms with Crippen molar-refractivity contribution in [2.75, 3.05) is 7.11 Å². The van der Waals surface area contributed by atoms with Gasteiger partial charge in [-0.05, 0) is 6.07 Å². The second-order valence-electron chi connectivity index (χ2n) is 3.67. The van der Waals surface area contributed by atoms with Crippen molar-refractivity contribution in [2.45, 2.75) is 0 Å². The van der Waals surface area contributed by atoms with E-state index in [9.17, 15) is 14.0 Å². The molecule has 0 spiro atoms. The highest BCUT2D eigenvalue weighted by atomic mass is 35.5. The Hall–Kier alpha value is -2.15. The van der Waals surface area contributed by atoms with Gasteiger partial charge in [0.05, 0.1) is 12.1 Å². The van der Waals surface area contributed by atoms with E-state index in [0.717, 1.165) is 21.5 Å². The minimum absolute atomic E-state index is 0.0709. The summed E-state index contributed by atoms with van der Waals surface area (Å²) < 4.78 is 20.4. The first kappa shape index (κ1) is 13.3. The van der Waals surface area contributed by atoms with E-state index >= 15 is 0 Å². The van der Waals surface area contributed by atoms with E-state index in [-0.39, 0.29) is 16.5 Å². The Bertz CT molecular complexity index is 754. The number of methoxy groups -OCH3 is 1. The van der Waals surface area contributed by atoms with Crippen molar-refractivity contribution in [2.24, 2.45) is 7.05 Å². The molecule has 2 aromatic rings. The summed E-state index contributed by atoms with van der Waals surface area (Å²) in [4.78, 5) is 23.1. The number of halogens is 2. The molecule has 6 nitrogen and oxygen atoms in total. The minimum atomic E-state index is -0.768. The zero-order chi connectivity index (χ0) is 14.2. The molecule has 0 N–H and O–H groups in total. The molecule has 1 aromatic carbocycles. The summed E-state index contributed by atoms with van der Waals surface area (Å²) in [6, 6.07) is 2.24. The van der Waals surface area contributed by atoms with Gasteiger partial charge in [-0.3, -0.25) is 9.36 Å². The molecule has 0 amide bonds. The lowest BCUT2D eigenvalue weighted by Gasteiger charge is -2.09. The first-order chi connectivity index (χ1) is 8.95. The number of aromatic nitrogens is 3. The smallest absolute Gasteiger partial charge is 0.352 e. The Morgan fingerprint density at radius 2 is 2.05 bits per heavy atom. The fourth-order valence-corrected chi connectivity index (χ4v) is 1.71. The molecule has 100 valence electrons. The highest BCUT2D eigenvalue weighted by molar-refractivity contribution is 6.32. The largest absolute Gasteiger partial charge is 0.495 e. The van der Waals surface area contributed by atoms with Crippen LogP contribution in [0.15, 0.2) is 27.9 Å². The molecule has 0 saturated carbocycles. The van der Waals surface area contributed by atoms with Crippen LogP contribution in [0.4, 0.5) is 4.39 Å². The van der Waals surface area contributed by atoms with E-state index in [0.29, 0.717) is 0 Å². The standard InChI is InChI=1S/C11H9ClFN3O3/c1-15-10(17)5-14-16(11(15)18)8-4-9(19-2)6(12)3-7(8)13/h3-5H,1-2H3. The number of benzene rings is 1. The van der Waals surface area contributed by atoms with Gasteiger partial charge >= 0.3 is 5.69 Å². The van der Waals surface area contributed by atoms with Crippen LogP contribution in [0.3, 0.4) is 0 Å². The molecule has 1 heterocycles. The van der Waals surface area contributed by atoms with Gasteiger partial charge in [-0.2, -0.15) is 9.78 Å². The van der Waals surface area contributed by atoms with Crippen LogP contribution in [0.2, 0.25) is 5.02 Å². The zero-order valence-electron chi connectivity index (χ0n) is 10.1. The highest BCUT2D eigenvalue weighted by Crippen LogP contribution is 2.28. The van der Waals surface area contributed by atoms with E-state index < -0.39 is 17.1 Å². The highest BCUT2D eigenvalue weighted by Gasteiger charge is 2.14. The minimum Gasteiger partial charge on any atom is -0.495 e. The molecule has 0 aliphatic heterocycles. The maximum atomic E-state index is 13.8. The van der Waals surface area contributed by atoms with E-state index in [2.05, 4.69) is 5.10 Å². The van der Waals surface area contributed by atoms with Crippen LogP contribution >= 0.6 is 11.6 Å². The fraction of sp³-hybridized carbons (Fsp3) is 0.182. The lowest BCUT2D eigenvalue weighted by Crippen LogP contribution is -2.38. The van der Waals surface area contributed by atoms with Gasteiger partial charge in [-0.15, -0.1) is 0 Å². The third-order valence-electron chi connectivity index (χ3n) is 2.53. The van der Waals surface area contributed by atoms with Crippen LogP contribution in [-0.2, 0) is 7.05 Å². The molecule has 8 heteroatoms. The van der Waals surface area contributed by atoms with Crippen molar-refractivity contribution >= 4 is 11.6 Å².